The van der Waals surface area contributed by atoms with E-state index in [2.05, 4.69) is 4.98 Å². The minimum Gasteiger partial charge on any atom is -0.461 e. The number of carbonyl (C=O) groups is 1. The van der Waals surface area contributed by atoms with Crippen LogP contribution in [0.2, 0.25) is 0 Å². The van der Waals surface area contributed by atoms with E-state index in [0.717, 1.165) is 23.5 Å². The molecule has 2 aromatic rings. The highest BCUT2D eigenvalue weighted by atomic mass is 32.1. The first-order valence-electron chi connectivity index (χ1n) is 5.79. The number of benzene rings is 1. The minimum atomic E-state index is -4.36. The van der Waals surface area contributed by atoms with Crippen LogP contribution in [0.25, 0.3) is 10.6 Å². The van der Waals surface area contributed by atoms with Gasteiger partial charge in [0, 0.05) is 12.0 Å². The molecule has 1 aliphatic heterocycles. The van der Waals surface area contributed by atoms with Crippen molar-refractivity contribution in [2.24, 2.45) is 0 Å². The summed E-state index contributed by atoms with van der Waals surface area (Å²) < 4.78 is 42.4. The van der Waals surface area contributed by atoms with Gasteiger partial charge in [-0.2, -0.15) is 13.2 Å². The van der Waals surface area contributed by atoms with Crippen LogP contribution in [0.1, 0.15) is 20.9 Å². The number of halogens is 3. The molecule has 0 N–H and O–H groups in total. The van der Waals surface area contributed by atoms with Gasteiger partial charge in [-0.15, -0.1) is 11.3 Å². The van der Waals surface area contributed by atoms with Gasteiger partial charge in [-0.25, -0.2) is 9.78 Å². The Morgan fingerprint density at radius 1 is 1.20 bits per heavy atom. The largest absolute Gasteiger partial charge is 0.461 e. The Bertz CT molecular complexity index is 661. The number of aromatic nitrogens is 1. The molecule has 0 bridgehead atoms. The summed E-state index contributed by atoms with van der Waals surface area (Å²) in [4.78, 5) is 16.3. The standard InChI is InChI=1S/C13H8F3NO2S/c14-13(15,16)8-3-1-7(2-4-8)11-17-9-5-6-19-12(18)10(9)20-11/h1-4H,5-6H2. The van der Waals surface area contributed by atoms with Crippen molar-refractivity contribution in [1.82, 2.24) is 4.98 Å². The van der Waals surface area contributed by atoms with Crippen molar-refractivity contribution in [3.05, 3.63) is 40.4 Å². The molecule has 3 nitrogen and oxygen atoms in total. The van der Waals surface area contributed by atoms with Crippen molar-refractivity contribution in [3.8, 4) is 10.6 Å². The topological polar surface area (TPSA) is 39.2 Å². The van der Waals surface area contributed by atoms with E-state index in [4.69, 9.17) is 4.74 Å². The lowest BCUT2D eigenvalue weighted by molar-refractivity contribution is -0.137. The second-order valence-corrected chi connectivity index (χ2v) is 5.25. The fraction of sp³-hybridized carbons (Fsp3) is 0.231. The van der Waals surface area contributed by atoms with Crippen LogP contribution in [0.15, 0.2) is 24.3 Å². The van der Waals surface area contributed by atoms with E-state index in [-0.39, 0.29) is 0 Å². The van der Waals surface area contributed by atoms with Crippen LogP contribution in [0.4, 0.5) is 13.2 Å². The summed E-state index contributed by atoms with van der Waals surface area (Å²) in [6.07, 6.45) is -3.82. The lowest BCUT2D eigenvalue weighted by atomic mass is 10.1. The highest BCUT2D eigenvalue weighted by molar-refractivity contribution is 7.17. The molecule has 0 atom stereocenters. The molecule has 0 unspecified atom stereocenters. The predicted molar refractivity (Wildman–Crippen MR) is 66.5 cm³/mol. The van der Waals surface area contributed by atoms with Gasteiger partial charge in [0.15, 0.2) is 0 Å². The Hall–Kier alpha value is -1.89. The Morgan fingerprint density at radius 3 is 2.50 bits per heavy atom. The molecule has 0 saturated heterocycles. The van der Waals surface area contributed by atoms with Crippen LogP contribution in [0.3, 0.4) is 0 Å². The van der Waals surface area contributed by atoms with Gasteiger partial charge < -0.3 is 4.74 Å². The third-order valence-corrected chi connectivity index (χ3v) is 4.04. The summed E-state index contributed by atoms with van der Waals surface area (Å²) in [5.41, 5.74) is 0.508. The molecule has 0 fully saturated rings. The normalized spacial score (nSPS) is 14.8. The number of esters is 1. The molecule has 0 radical (unpaired) electrons. The van der Waals surface area contributed by atoms with Crippen molar-refractivity contribution in [2.45, 2.75) is 12.6 Å². The van der Waals surface area contributed by atoms with Crippen molar-refractivity contribution in [3.63, 3.8) is 0 Å². The van der Waals surface area contributed by atoms with Gasteiger partial charge >= 0.3 is 12.1 Å². The molecular formula is C13H8F3NO2S. The zero-order valence-corrected chi connectivity index (χ0v) is 10.8. The molecule has 0 spiro atoms. The summed E-state index contributed by atoms with van der Waals surface area (Å²) in [7, 11) is 0. The Labute approximate surface area is 116 Å². The molecule has 0 aliphatic carbocycles. The molecule has 2 heterocycles. The van der Waals surface area contributed by atoms with Gasteiger partial charge in [0.1, 0.15) is 9.88 Å². The number of carbonyl (C=O) groups excluding carboxylic acids is 1. The fourth-order valence-corrected chi connectivity index (χ4v) is 2.92. The van der Waals surface area contributed by atoms with E-state index >= 15 is 0 Å². The summed E-state index contributed by atoms with van der Waals surface area (Å²) in [6, 6.07) is 4.74. The van der Waals surface area contributed by atoms with E-state index in [9.17, 15) is 18.0 Å². The maximum atomic E-state index is 12.5. The number of rotatable bonds is 1. The maximum absolute atomic E-state index is 12.5. The van der Waals surface area contributed by atoms with E-state index in [1.807, 2.05) is 0 Å². The van der Waals surface area contributed by atoms with Crippen LogP contribution < -0.4 is 0 Å². The maximum Gasteiger partial charge on any atom is 0.416 e. The second kappa shape index (κ2) is 4.59. The van der Waals surface area contributed by atoms with Gasteiger partial charge in [-0.3, -0.25) is 0 Å². The predicted octanol–water partition coefficient (Wildman–Crippen LogP) is 3.54. The average molecular weight is 299 g/mol. The van der Waals surface area contributed by atoms with Gasteiger partial charge in [-0.1, -0.05) is 12.1 Å². The molecule has 7 heteroatoms. The van der Waals surface area contributed by atoms with Crippen molar-refractivity contribution in [1.29, 1.82) is 0 Å². The molecule has 3 rings (SSSR count). The highest BCUT2D eigenvalue weighted by Crippen LogP contribution is 2.34. The highest BCUT2D eigenvalue weighted by Gasteiger charge is 2.30. The van der Waals surface area contributed by atoms with Crippen LogP contribution in [-0.4, -0.2) is 17.6 Å². The van der Waals surface area contributed by atoms with E-state index in [0.29, 0.717) is 34.2 Å². The molecular weight excluding hydrogens is 291 g/mol. The lowest BCUT2D eigenvalue weighted by Gasteiger charge is -2.08. The summed E-state index contributed by atoms with van der Waals surface area (Å²) >= 11 is 1.14. The zero-order chi connectivity index (χ0) is 14.3. The van der Waals surface area contributed by atoms with E-state index < -0.39 is 17.7 Å². The van der Waals surface area contributed by atoms with Crippen molar-refractivity contribution in [2.75, 3.05) is 6.61 Å². The van der Waals surface area contributed by atoms with Crippen LogP contribution >= 0.6 is 11.3 Å². The monoisotopic (exact) mass is 299 g/mol. The molecule has 20 heavy (non-hydrogen) atoms. The lowest BCUT2D eigenvalue weighted by Crippen LogP contribution is -2.15. The van der Waals surface area contributed by atoms with Crippen LogP contribution in [0, 0.1) is 0 Å². The molecule has 104 valence electrons. The SMILES string of the molecule is O=C1OCCc2nc(-c3ccc(C(F)(F)F)cc3)sc21. The molecule has 0 amide bonds. The third kappa shape index (κ3) is 2.29. The van der Waals surface area contributed by atoms with Crippen molar-refractivity contribution < 1.29 is 22.7 Å². The number of nitrogens with zero attached hydrogens (tertiary/aromatic N) is 1. The zero-order valence-electron chi connectivity index (χ0n) is 10.0. The number of alkyl halides is 3. The molecule has 1 aliphatic rings. The molecule has 1 aromatic heterocycles. The number of ether oxygens (including phenoxy) is 1. The van der Waals surface area contributed by atoms with E-state index in [1.54, 1.807) is 0 Å². The number of thiazole rings is 1. The minimum absolute atomic E-state index is 0.294. The Balaban J connectivity index is 1.96. The fourth-order valence-electron chi connectivity index (χ4n) is 1.91. The van der Waals surface area contributed by atoms with Crippen LogP contribution in [0.5, 0.6) is 0 Å². The van der Waals surface area contributed by atoms with Gasteiger partial charge in [0.25, 0.3) is 0 Å². The summed E-state index contributed by atoms with van der Waals surface area (Å²) in [5.74, 6) is -0.415. The first-order valence-corrected chi connectivity index (χ1v) is 6.61. The van der Waals surface area contributed by atoms with Crippen LogP contribution in [-0.2, 0) is 17.3 Å². The van der Waals surface area contributed by atoms with E-state index in [1.165, 1.54) is 12.1 Å². The number of cyclic esters (lactones) is 1. The first kappa shape index (κ1) is 13.1. The summed E-state index contributed by atoms with van der Waals surface area (Å²) in [6.45, 7) is 0.294. The number of hydrogen-bond donors (Lipinski definition) is 0. The number of fused-ring (bicyclic) bond motifs is 1. The van der Waals surface area contributed by atoms with Crippen molar-refractivity contribution >= 4 is 17.3 Å². The quantitative estimate of drug-likeness (QED) is 0.756. The molecule has 0 saturated carbocycles. The van der Waals surface area contributed by atoms with Gasteiger partial charge in [0.05, 0.1) is 17.9 Å². The summed E-state index contributed by atoms with van der Waals surface area (Å²) in [5, 5.41) is 0.530. The number of hydrogen-bond acceptors (Lipinski definition) is 4. The van der Waals surface area contributed by atoms with Gasteiger partial charge in [-0.05, 0) is 12.1 Å². The average Bonchev–Trinajstić information content (AvgIpc) is 2.83. The Morgan fingerprint density at radius 2 is 1.90 bits per heavy atom. The second-order valence-electron chi connectivity index (χ2n) is 4.26. The smallest absolute Gasteiger partial charge is 0.416 e. The van der Waals surface area contributed by atoms with Gasteiger partial charge in [0.2, 0.25) is 0 Å². The molecule has 1 aromatic carbocycles. The first-order chi connectivity index (χ1) is 9.45. The Kier molecular flexibility index (Phi) is 3.01. The third-order valence-electron chi connectivity index (χ3n) is 2.91.